The van der Waals surface area contributed by atoms with E-state index in [2.05, 4.69) is 9.97 Å². The number of aromatic nitrogens is 2. The van der Waals surface area contributed by atoms with Crippen molar-refractivity contribution in [1.82, 2.24) is 9.97 Å². The average molecular weight is 198 g/mol. The van der Waals surface area contributed by atoms with Gasteiger partial charge in [0.2, 0.25) is 5.88 Å². The first kappa shape index (κ1) is 10.4. The monoisotopic (exact) mass is 198 g/mol. The Morgan fingerprint density at radius 1 is 1.57 bits per heavy atom. The number of carboxylic acids is 1. The molecule has 14 heavy (non-hydrogen) atoms. The van der Waals surface area contributed by atoms with Gasteiger partial charge in [0.1, 0.15) is 6.33 Å². The van der Waals surface area contributed by atoms with Crippen molar-refractivity contribution in [3.05, 3.63) is 18.1 Å². The number of rotatable bonds is 5. The van der Waals surface area contributed by atoms with Gasteiger partial charge in [-0.05, 0) is 0 Å². The highest BCUT2D eigenvalue weighted by Gasteiger charge is 2.02. The molecule has 0 radical (unpaired) electrons. The quantitative estimate of drug-likeness (QED) is 0.721. The molecule has 1 aromatic heterocycles. The van der Waals surface area contributed by atoms with Gasteiger partial charge >= 0.3 is 5.97 Å². The normalized spacial score (nSPS) is 9.79. The van der Waals surface area contributed by atoms with Crippen molar-refractivity contribution in [2.75, 3.05) is 13.7 Å². The molecule has 0 spiro atoms. The zero-order valence-corrected chi connectivity index (χ0v) is 7.64. The molecule has 0 saturated heterocycles. The van der Waals surface area contributed by atoms with E-state index in [0.29, 0.717) is 12.3 Å². The number of nitrogens with zero attached hydrogens (tertiary/aromatic N) is 2. The van der Waals surface area contributed by atoms with Crippen molar-refractivity contribution in [3.8, 4) is 5.88 Å². The summed E-state index contributed by atoms with van der Waals surface area (Å²) in [5.41, 5.74) is 0.642. The van der Waals surface area contributed by atoms with Crippen LogP contribution in [0.4, 0.5) is 0 Å². The second kappa shape index (κ2) is 5.13. The SMILES string of the molecule is COCc1cc(OCC(=O)O)ncn1. The number of aliphatic carboxylic acids is 1. The molecule has 76 valence electrons. The summed E-state index contributed by atoms with van der Waals surface area (Å²) in [7, 11) is 1.54. The van der Waals surface area contributed by atoms with E-state index < -0.39 is 12.6 Å². The maximum Gasteiger partial charge on any atom is 0.341 e. The van der Waals surface area contributed by atoms with Crippen LogP contribution in [-0.4, -0.2) is 34.8 Å². The Hall–Kier alpha value is -1.69. The lowest BCUT2D eigenvalue weighted by molar-refractivity contribution is -0.139. The maximum absolute atomic E-state index is 10.2. The Labute approximate surface area is 80.5 Å². The van der Waals surface area contributed by atoms with Crippen LogP contribution < -0.4 is 4.74 Å². The van der Waals surface area contributed by atoms with Crippen molar-refractivity contribution < 1.29 is 19.4 Å². The average Bonchev–Trinajstić information content (AvgIpc) is 2.16. The van der Waals surface area contributed by atoms with Crippen LogP contribution in [0.25, 0.3) is 0 Å². The molecule has 1 rings (SSSR count). The Morgan fingerprint density at radius 2 is 2.36 bits per heavy atom. The van der Waals surface area contributed by atoms with Gasteiger partial charge < -0.3 is 14.6 Å². The third kappa shape index (κ3) is 3.36. The molecule has 0 atom stereocenters. The zero-order chi connectivity index (χ0) is 10.4. The van der Waals surface area contributed by atoms with Gasteiger partial charge in [0.05, 0.1) is 12.3 Å². The van der Waals surface area contributed by atoms with Gasteiger partial charge in [-0.1, -0.05) is 0 Å². The molecular weight excluding hydrogens is 188 g/mol. The fourth-order valence-electron chi connectivity index (χ4n) is 0.818. The van der Waals surface area contributed by atoms with Crippen LogP contribution in [0.3, 0.4) is 0 Å². The summed E-state index contributed by atoms with van der Waals surface area (Å²) < 4.78 is 9.69. The van der Waals surface area contributed by atoms with E-state index >= 15 is 0 Å². The van der Waals surface area contributed by atoms with E-state index in [1.807, 2.05) is 0 Å². The topological polar surface area (TPSA) is 81.5 Å². The minimum atomic E-state index is -1.04. The standard InChI is InChI=1S/C8H10N2O4/c1-13-3-6-2-7(10-5-9-6)14-4-8(11)12/h2,5H,3-4H2,1H3,(H,11,12). The highest BCUT2D eigenvalue weighted by atomic mass is 16.5. The highest BCUT2D eigenvalue weighted by molar-refractivity contribution is 5.68. The number of methoxy groups -OCH3 is 1. The van der Waals surface area contributed by atoms with Gasteiger partial charge in [0, 0.05) is 13.2 Å². The first-order valence-corrected chi connectivity index (χ1v) is 3.87. The van der Waals surface area contributed by atoms with Crippen LogP contribution in [0.15, 0.2) is 12.4 Å². The molecule has 0 aliphatic carbocycles. The van der Waals surface area contributed by atoms with Gasteiger partial charge in [-0.2, -0.15) is 0 Å². The summed E-state index contributed by atoms with van der Waals surface area (Å²) in [6, 6.07) is 1.53. The van der Waals surface area contributed by atoms with Gasteiger partial charge in [-0.3, -0.25) is 0 Å². The van der Waals surface area contributed by atoms with E-state index in [1.54, 1.807) is 7.11 Å². The highest BCUT2D eigenvalue weighted by Crippen LogP contribution is 2.06. The lowest BCUT2D eigenvalue weighted by Gasteiger charge is -2.03. The van der Waals surface area contributed by atoms with Crippen molar-refractivity contribution in [1.29, 1.82) is 0 Å². The van der Waals surface area contributed by atoms with Crippen LogP contribution in [0, 0.1) is 0 Å². The second-order valence-electron chi connectivity index (χ2n) is 2.46. The Kier molecular flexibility index (Phi) is 3.81. The van der Waals surface area contributed by atoms with Crippen molar-refractivity contribution >= 4 is 5.97 Å². The Bertz CT molecular complexity index is 316. The molecule has 0 aliphatic rings. The van der Waals surface area contributed by atoms with E-state index in [1.165, 1.54) is 12.4 Å². The molecular formula is C8H10N2O4. The molecule has 0 aromatic carbocycles. The largest absolute Gasteiger partial charge is 0.479 e. The van der Waals surface area contributed by atoms with Crippen LogP contribution in [-0.2, 0) is 16.1 Å². The molecule has 0 saturated carbocycles. The molecule has 6 heteroatoms. The molecule has 0 aliphatic heterocycles. The van der Waals surface area contributed by atoms with Crippen molar-refractivity contribution in [2.24, 2.45) is 0 Å². The van der Waals surface area contributed by atoms with Crippen LogP contribution in [0.5, 0.6) is 5.88 Å². The lowest BCUT2D eigenvalue weighted by Crippen LogP contribution is -2.10. The maximum atomic E-state index is 10.2. The lowest BCUT2D eigenvalue weighted by atomic mass is 10.4. The Morgan fingerprint density at radius 3 is 3.00 bits per heavy atom. The fourth-order valence-corrected chi connectivity index (χ4v) is 0.818. The van der Waals surface area contributed by atoms with Crippen LogP contribution >= 0.6 is 0 Å². The van der Waals surface area contributed by atoms with Crippen LogP contribution in [0.2, 0.25) is 0 Å². The van der Waals surface area contributed by atoms with E-state index in [0.717, 1.165) is 0 Å². The molecule has 1 N–H and O–H groups in total. The molecule has 0 unspecified atom stereocenters. The number of hydrogen-bond acceptors (Lipinski definition) is 5. The molecule has 1 aromatic rings. The van der Waals surface area contributed by atoms with Gasteiger partial charge in [0.15, 0.2) is 6.61 Å². The smallest absolute Gasteiger partial charge is 0.341 e. The first-order chi connectivity index (χ1) is 6.72. The number of carboxylic acid groups (broad SMARTS) is 1. The van der Waals surface area contributed by atoms with E-state index in [9.17, 15) is 4.79 Å². The first-order valence-electron chi connectivity index (χ1n) is 3.87. The third-order valence-electron chi connectivity index (χ3n) is 1.33. The summed E-state index contributed by atoms with van der Waals surface area (Å²) in [6.07, 6.45) is 1.30. The molecule has 1 heterocycles. The van der Waals surface area contributed by atoms with Gasteiger partial charge in [-0.25, -0.2) is 14.8 Å². The van der Waals surface area contributed by atoms with E-state index in [4.69, 9.17) is 14.6 Å². The summed E-state index contributed by atoms with van der Waals surface area (Å²) in [5, 5.41) is 8.35. The van der Waals surface area contributed by atoms with Gasteiger partial charge in [-0.15, -0.1) is 0 Å². The van der Waals surface area contributed by atoms with Crippen LogP contribution in [0.1, 0.15) is 5.69 Å². The number of carbonyl (C=O) groups is 1. The minimum absolute atomic E-state index is 0.231. The summed E-state index contributed by atoms with van der Waals surface area (Å²) >= 11 is 0. The zero-order valence-electron chi connectivity index (χ0n) is 7.64. The third-order valence-corrected chi connectivity index (χ3v) is 1.33. The minimum Gasteiger partial charge on any atom is -0.479 e. The summed E-state index contributed by atoms with van der Waals surface area (Å²) in [6.45, 7) is -0.0740. The van der Waals surface area contributed by atoms with Gasteiger partial charge in [0.25, 0.3) is 0 Å². The summed E-state index contributed by atoms with van der Waals surface area (Å²) in [5.74, 6) is -0.814. The molecule has 0 bridgehead atoms. The molecule has 6 nitrogen and oxygen atoms in total. The second-order valence-corrected chi connectivity index (χ2v) is 2.46. The fraction of sp³-hybridized carbons (Fsp3) is 0.375. The number of ether oxygens (including phenoxy) is 2. The van der Waals surface area contributed by atoms with Crippen molar-refractivity contribution in [3.63, 3.8) is 0 Å². The predicted octanol–water partition coefficient (Wildman–Crippen LogP) is 0.0864. The number of hydrogen-bond donors (Lipinski definition) is 1. The Balaban J connectivity index is 2.58. The molecule has 0 fully saturated rings. The van der Waals surface area contributed by atoms with E-state index in [-0.39, 0.29) is 5.88 Å². The summed E-state index contributed by atoms with van der Waals surface area (Å²) in [4.78, 5) is 17.8. The predicted molar refractivity (Wildman–Crippen MR) is 45.9 cm³/mol. The molecule has 0 amide bonds. The van der Waals surface area contributed by atoms with Crippen molar-refractivity contribution in [2.45, 2.75) is 6.61 Å².